The summed E-state index contributed by atoms with van der Waals surface area (Å²) in [6.45, 7) is 4.30. The number of benzene rings is 1. The van der Waals surface area contributed by atoms with Gasteiger partial charge in [0.05, 0.1) is 7.11 Å². The largest absolute Gasteiger partial charge is 0.497 e. The predicted molar refractivity (Wildman–Crippen MR) is 86.9 cm³/mol. The fourth-order valence-electron chi connectivity index (χ4n) is 2.22. The Kier molecular flexibility index (Phi) is 5.53. The Bertz CT molecular complexity index is 594. The van der Waals surface area contributed by atoms with Gasteiger partial charge in [0.25, 0.3) is 0 Å². The average molecular weight is 298 g/mol. The Balaban J connectivity index is 2.23. The van der Waals surface area contributed by atoms with Crippen LogP contribution < -0.4 is 10.1 Å². The summed E-state index contributed by atoms with van der Waals surface area (Å²) in [5.41, 5.74) is 2.04. The highest BCUT2D eigenvalue weighted by molar-refractivity contribution is 5.77. The molecular formula is C18H22N2O2. The number of carbonyl (C=O) groups excluding carboxylic acids is 1. The molecule has 22 heavy (non-hydrogen) atoms. The van der Waals surface area contributed by atoms with Crippen LogP contribution in [0, 0.1) is 5.92 Å². The van der Waals surface area contributed by atoms with Crippen molar-refractivity contribution in [2.75, 3.05) is 13.7 Å². The summed E-state index contributed by atoms with van der Waals surface area (Å²) < 4.78 is 5.20. The van der Waals surface area contributed by atoms with Crippen molar-refractivity contribution >= 4 is 5.91 Å². The molecule has 1 aromatic carbocycles. The maximum Gasteiger partial charge on any atom is 0.222 e. The Morgan fingerprint density at radius 3 is 2.45 bits per heavy atom. The molecule has 0 aliphatic carbocycles. The highest BCUT2D eigenvalue weighted by atomic mass is 16.5. The molecule has 0 fully saturated rings. The first-order chi connectivity index (χ1) is 10.6. The third kappa shape index (κ3) is 4.07. The molecule has 1 atom stereocenters. The number of hydrogen-bond acceptors (Lipinski definition) is 3. The van der Waals surface area contributed by atoms with Crippen LogP contribution in [0.3, 0.4) is 0 Å². The summed E-state index contributed by atoms with van der Waals surface area (Å²) in [5, 5.41) is 3.00. The standard InChI is InChI=1S/C18H22N2O2/c1-13(2)18(21)20-12-16(17-6-4-5-11-19-17)14-7-9-15(22-3)10-8-14/h4-11,13,16H,12H2,1-3H3,(H,20,21). The SMILES string of the molecule is COc1ccc(C(CNC(=O)C(C)C)c2ccccn2)cc1. The van der Waals surface area contributed by atoms with E-state index in [0.29, 0.717) is 6.54 Å². The average Bonchev–Trinajstić information content (AvgIpc) is 2.56. The molecule has 0 radical (unpaired) electrons. The fraction of sp³-hybridized carbons (Fsp3) is 0.333. The molecule has 1 amide bonds. The second-order valence-corrected chi connectivity index (χ2v) is 5.48. The third-order valence-electron chi connectivity index (χ3n) is 3.57. The van der Waals surface area contributed by atoms with Crippen molar-refractivity contribution in [2.45, 2.75) is 19.8 Å². The molecule has 0 saturated carbocycles. The highest BCUT2D eigenvalue weighted by Crippen LogP contribution is 2.24. The van der Waals surface area contributed by atoms with Crippen LogP contribution in [-0.4, -0.2) is 24.5 Å². The molecule has 1 unspecified atom stereocenters. The second kappa shape index (κ2) is 7.59. The summed E-state index contributed by atoms with van der Waals surface area (Å²) in [5.74, 6) is 0.860. The van der Waals surface area contributed by atoms with Gasteiger partial charge in [-0.25, -0.2) is 0 Å². The van der Waals surface area contributed by atoms with Gasteiger partial charge in [0.1, 0.15) is 5.75 Å². The van der Waals surface area contributed by atoms with Gasteiger partial charge in [0.2, 0.25) is 5.91 Å². The van der Waals surface area contributed by atoms with Crippen LogP contribution in [0.1, 0.15) is 31.0 Å². The lowest BCUT2D eigenvalue weighted by Crippen LogP contribution is -2.32. The molecule has 2 rings (SSSR count). The topological polar surface area (TPSA) is 51.2 Å². The van der Waals surface area contributed by atoms with E-state index in [9.17, 15) is 4.79 Å². The first-order valence-electron chi connectivity index (χ1n) is 7.44. The summed E-state index contributed by atoms with van der Waals surface area (Å²) in [6.07, 6.45) is 1.77. The number of carbonyl (C=O) groups is 1. The van der Waals surface area contributed by atoms with Crippen LogP contribution >= 0.6 is 0 Å². The van der Waals surface area contributed by atoms with E-state index in [4.69, 9.17) is 4.74 Å². The monoisotopic (exact) mass is 298 g/mol. The number of rotatable bonds is 6. The minimum Gasteiger partial charge on any atom is -0.497 e. The maximum atomic E-state index is 11.9. The van der Waals surface area contributed by atoms with Crippen molar-refractivity contribution in [3.05, 3.63) is 59.9 Å². The van der Waals surface area contributed by atoms with Gasteiger partial charge in [-0.1, -0.05) is 32.0 Å². The first-order valence-corrected chi connectivity index (χ1v) is 7.44. The number of amides is 1. The summed E-state index contributed by atoms with van der Waals surface area (Å²) in [6, 6.07) is 13.7. The van der Waals surface area contributed by atoms with E-state index in [1.54, 1.807) is 13.3 Å². The van der Waals surface area contributed by atoms with Crippen molar-refractivity contribution in [3.8, 4) is 5.75 Å². The van der Waals surface area contributed by atoms with Gasteiger partial charge >= 0.3 is 0 Å². The zero-order chi connectivity index (χ0) is 15.9. The molecule has 0 bridgehead atoms. The van der Waals surface area contributed by atoms with Crippen molar-refractivity contribution in [2.24, 2.45) is 5.92 Å². The van der Waals surface area contributed by atoms with Crippen LogP contribution in [-0.2, 0) is 4.79 Å². The molecule has 2 aromatic rings. The number of hydrogen-bond donors (Lipinski definition) is 1. The van der Waals surface area contributed by atoms with Crippen molar-refractivity contribution in [1.82, 2.24) is 10.3 Å². The van der Waals surface area contributed by atoms with Crippen LogP contribution in [0.15, 0.2) is 48.7 Å². The highest BCUT2D eigenvalue weighted by Gasteiger charge is 2.17. The van der Waals surface area contributed by atoms with Gasteiger partial charge in [0, 0.05) is 30.3 Å². The van der Waals surface area contributed by atoms with Crippen LogP contribution in [0.25, 0.3) is 0 Å². The van der Waals surface area contributed by atoms with Crippen LogP contribution in [0.2, 0.25) is 0 Å². The Hall–Kier alpha value is -2.36. The second-order valence-electron chi connectivity index (χ2n) is 5.48. The molecule has 0 aliphatic rings. The number of ether oxygens (including phenoxy) is 1. The molecule has 4 heteroatoms. The molecule has 1 heterocycles. The lowest BCUT2D eigenvalue weighted by atomic mass is 9.94. The molecule has 1 aromatic heterocycles. The Morgan fingerprint density at radius 2 is 1.91 bits per heavy atom. The predicted octanol–water partition coefficient (Wildman–Crippen LogP) is 2.99. The summed E-state index contributed by atoms with van der Waals surface area (Å²) in [4.78, 5) is 16.3. The van der Waals surface area contributed by atoms with E-state index < -0.39 is 0 Å². The smallest absolute Gasteiger partial charge is 0.222 e. The van der Waals surface area contributed by atoms with Gasteiger partial charge in [-0.15, -0.1) is 0 Å². The van der Waals surface area contributed by atoms with E-state index in [1.807, 2.05) is 56.3 Å². The number of aromatic nitrogens is 1. The van der Waals surface area contributed by atoms with Crippen molar-refractivity contribution < 1.29 is 9.53 Å². The Morgan fingerprint density at radius 1 is 1.18 bits per heavy atom. The summed E-state index contributed by atoms with van der Waals surface area (Å²) in [7, 11) is 1.65. The van der Waals surface area contributed by atoms with Gasteiger partial charge in [0.15, 0.2) is 0 Å². The third-order valence-corrected chi connectivity index (χ3v) is 3.57. The lowest BCUT2D eigenvalue weighted by Gasteiger charge is -2.19. The molecular weight excluding hydrogens is 276 g/mol. The minimum absolute atomic E-state index is 0.0230. The number of nitrogens with one attached hydrogen (secondary N) is 1. The normalized spacial score (nSPS) is 12.0. The first kappa shape index (κ1) is 16.0. The quantitative estimate of drug-likeness (QED) is 0.892. The molecule has 4 nitrogen and oxygen atoms in total. The molecule has 116 valence electrons. The molecule has 0 spiro atoms. The summed E-state index contributed by atoms with van der Waals surface area (Å²) >= 11 is 0. The Labute approximate surface area is 131 Å². The van der Waals surface area contributed by atoms with Crippen molar-refractivity contribution in [3.63, 3.8) is 0 Å². The van der Waals surface area contributed by atoms with Crippen LogP contribution in [0.4, 0.5) is 0 Å². The minimum atomic E-state index is -0.0275. The number of methoxy groups -OCH3 is 1. The molecule has 0 aliphatic heterocycles. The number of pyridine rings is 1. The van der Waals surface area contributed by atoms with Crippen molar-refractivity contribution in [1.29, 1.82) is 0 Å². The zero-order valence-electron chi connectivity index (χ0n) is 13.2. The zero-order valence-corrected chi connectivity index (χ0v) is 13.2. The van der Waals surface area contributed by atoms with Crippen LogP contribution in [0.5, 0.6) is 5.75 Å². The van der Waals surface area contributed by atoms with E-state index >= 15 is 0 Å². The number of nitrogens with zero attached hydrogens (tertiary/aromatic N) is 1. The van der Waals surface area contributed by atoms with E-state index in [1.165, 1.54) is 0 Å². The van der Waals surface area contributed by atoms with Gasteiger partial charge in [-0.3, -0.25) is 9.78 Å². The molecule has 1 N–H and O–H groups in total. The van der Waals surface area contributed by atoms with E-state index in [0.717, 1.165) is 17.0 Å². The van der Waals surface area contributed by atoms with E-state index in [-0.39, 0.29) is 17.7 Å². The van der Waals surface area contributed by atoms with E-state index in [2.05, 4.69) is 10.3 Å². The van der Waals surface area contributed by atoms with Gasteiger partial charge < -0.3 is 10.1 Å². The fourth-order valence-corrected chi connectivity index (χ4v) is 2.22. The van der Waals surface area contributed by atoms with Gasteiger partial charge in [-0.05, 0) is 29.8 Å². The van der Waals surface area contributed by atoms with Gasteiger partial charge in [-0.2, -0.15) is 0 Å². The maximum absolute atomic E-state index is 11.9. The molecule has 0 saturated heterocycles. The lowest BCUT2D eigenvalue weighted by molar-refractivity contribution is -0.124.